The third-order valence-electron chi connectivity index (χ3n) is 4.56. The van der Waals surface area contributed by atoms with Gasteiger partial charge in [0.1, 0.15) is 12.2 Å². The van der Waals surface area contributed by atoms with Gasteiger partial charge in [-0.05, 0) is 48.7 Å². The van der Waals surface area contributed by atoms with E-state index in [2.05, 4.69) is 10.3 Å². The Morgan fingerprint density at radius 2 is 1.92 bits per heavy atom. The highest BCUT2D eigenvalue weighted by Crippen LogP contribution is 2.35. The van der Waals surface area contributed by atoms with E-state index in [9.17, 15) is 18.0 Å². The van der Waals surface area contributed by atoms with Crippen molar-refractivity contribution in [1.82, 2.24) is 15.0 Å². The van der Waals surface area contributed by atoms with E-state index in [1.54, 1.807) is 24.3 Å². The molecule has 0 saturated heterocycles. The van der Waals surface area contributed by atoms with Gasteiger partial charge in [-0.3, -0.25) is 4.79 Å². The number of hydrogen-bond acceptors (Lipinski definition) is 4. The van der Waals surface area contributed by atoms with Gasteiger partial charge in [0.2, 0.25) is 0 Å². The second-order valence-electron chi connectivity index (χ2n) is 6.26. The summed E-state index contributed by atoms with van der Waals surface area (Å²) in [6, 6.07) is 10.7. The first-order chi connectivity index (χ1) is 12.4. The maximum atomic E-state index is 12.9. The van der Waals surface area contributed by atoms with Gasteiger partial charge < -0.3 is 4.90 Å². The second kappa shape index (κ2) is 6.12. The number of alkyl halides is 3. The number of aryl methyl sites for hydroxylation is 1. The Hall–Kier alpha value is -2.90. The SMILES string of the molecule is O=c1c2ccccc2nnn1CN1CCCc2cc(C(F)(F)F)ccc21. The molecule has 0 N–H and O–H groups in total. The van der Waals surface area contributed by atoms with Crippen molar-refractivity contribution in [2.45, 2.75) is 25.7 Å². The van der Waals surface area contributed by atoms with Crippen molar-refractivity contribution in [2.75, 3.05) is 11.4 Å². The lowest BCUT2D eigenvalue weighted by atomic mass is 9.99. The van der Waals surface area contributed by atoms with Gasteiger partial charge in [-0.25, -0.2) is 0 Å². The Morgan fingerprint density at radius 3 is 2.73 bits per heavy atom. The lowest BCUT2D eigenvalue weighted by Crippen LogP contribution is -2.37. The zero-order chi connectivity index (χ0) is 18.3. The van der Waals surface area contributed by atoms with Crippen LogP contribution >= 0.6 is 0 Å². The summed E-state index contributed by atoms with van der Waals surface area (Å²) >= 11 is 0. The molecule has 0 atom stereocenters. The monoisotopic (exact) mass is 360 g/mol. The predicted octanol–water partition coefficient (Wildman–Crippen LogP) is 3.22. The molecule has 26 heavy (non-hydrogen) atoms. The molecule has 1 aliphatic rings. The Kier molecular flexibility index (Phi) is 3.90. The van der Waals surface area contributed by atoms with Crippen LogP contribution in [0.15, 0.2) is 47.3 Å². The van der Waals surface area contributed by atoms with E-state index >= 15 is 0 Å². The summed E-state index contributed by atoms with van der Waals surface area (Å²) in [7, 11) is 0. The minimum absolute atomic E-state index is 0.148. The van der Waals surface area contributed by atoms with Gasteiger partial charge in [0.05, 0.1) is 10.9 Å². The highest BCUT2D eigenvalue weighted by Gasteiger charge is 2.32. The molecule has 134 valence electrons. The van der Waals surface area contributed by atoms with Gasteiger partial charge in [-0.15, -0.1) is 5.10 Å². The molecule has 0 saturated carbocycles. The van der Waals surface area contributed by atoms with Crippen molar-refractivity contribution >= 4 is 16.6 Å². The second-order valence-corrected chi connectivity index (χ2v) is 6.26. The van der Waals surface area contributed by atoms with Crippen molar-refractivity contribution < 1.29 is 13.2 Å². The van der Waals surface area contributed by atoms with Gasteiger partial charge in [0.15, 0.2) is 0 Å². The summed E-state index contributed by atoms with van der Waals surface area (Å²) in [5.41, 5.74) is 0.928. The Bertz CT molecular complexity index is 1030. The molecule has 3 aromatic rings. The molecular weight excluding hydrogens is 345 g/mol. The van der Waals surface area contributed by atoms with E-state index in [0.717, 1.165) is 6.07 Å². The minimum Gasteiger partial charge on any atom is -0.352 e. The number of benzene rings is 2. The zero-order valence-corrected chi connectivity index (χ0v) is 13.7. The molecule has 0 radical (unpaired) electrons. The number of aromatic nitrogens is 3. The lowest BCUT2D eigenvalue weighted by Gasteiger charge is -2.31. The average Bonchev–Trinajstić information content (AvgIpc) is 2.63. The van der Waals surface area contributed by atoms with E-state index in [1.807, 2.05) is 4.90 Å². The van der Waals surface area contributed by atoms with Crippen LogP contribution in [0.2, 0.25) is 0 Å². The van der Waals surface area contributed by atoms with Crippen LogP contribution in [0.1, 0.15) is 17.5 Å². The average molecular weight is 360 g/mol. The Morgan fingerprint density at radius 1 is 1.12 bits per heavy atom. The molecule has 0 fully saturated rings. The van der Waals surface area contributed by atoms with Gasteiger partial charge in [0, 0.05) is 12.2 Å². The molecule has 1 aromatic heterocycles. The molecule has 0 aliphatic carbocycles. The molecule has 4 rings (SSSR count). The fraction of sp³-hybridized carbons (Fsp3) is 0.278. The summed E-state index contributed by atoms with van der Waals surface area (Å²) in [5.74, 6) is 0. The first kappa shape index (κ1) is 16.6. The van der Waals surface area contributed by atoms with E-state index < -0.39 is 11.7 Å². The number of rotatable bonds is 2. The molecule has 0 spiro atoms. The first-order valence-electron chi connectivity index (χ1n) is 8.21. The molecule has 2 aromatic carbocycles. The molecule has 0 bridgehead atoms. The largest absolute Gasteiger partial charge is 0.416 e. The van der Waals surface area contributed by atoms with E-state index in [-0.39, 0.29) is 12.2 Å². The molecule has 5 nitrogen and oxygen atoms in total. The molecule has 0 unspecified atom stereocenters. The third kappa shape index (κ3) is 2.91. The molecule has 8 heteroatoms. The van der Waals surface area contributed by atoms with Gasteiger partial charge in [0.25, 0.3) is 5.56 Å². The van der Waals surface area contributed by atoms with Crippen LogP contribution in [0.5, 0.6) is 0 Å². The summed E-state index contributed by atoms with van der Waals surface area (Å²) in [5, 5.41) is 8.48. The molecule has 1 aliphatic heterocycles. The summed E-state index contributed by atoms with van der Waals surface area (Å²) < 4.78 is 40.0. The standard InChI is InChI=1S/C18H15F3N4O/c19-18(20,21)13-7-8-16-12(10-13)4-3-9-24(16)11-25-17(26)14-5-1-2-6-15(14)22-23-25/h1-2,5-8,10H,3-4,9,11H2. The fourth-order valence-corrected chi connectivity index (χ4v) is 3.28. The maximum absolute atomic E-state index is 12.9. The van der Waals surface area contributed by atoms with Crippen molar-refractivity contribution in [1.29, 1.82) is 0 Å². The smallest absolute Gasteiger partial charge is 0.352 e. The highest BCUT2D eigenvalue weighted by molar-refractivity contribution is 5.76. The quantitative estimate of drug-likeness (QED) is 0.704. The van der Waals surface area contributed by atoms with Crippen LogP contribution in [-0.2, 0) is 19.3 Å². The fourth-order valence-electron chi connectivity index (χ4n) is 3.28. The number of nitrogens with zero attached hydrogens (tertiary/aromatic N) is 4. The van der Waals surface area contributed by atoms with E-state index in [0.29, 0.717) is 41.5 Å². The summed E-state index contributed by atoms with van der Waals surface area (Å²) in [4.78, 5) is 14.4. The van der Waals surface area contributed by atoms with Crippen molar-refractivity contribution in [2.24, 2.45) is 0 Å². The molecular formula is C18H15F3N4O. The number of anilines is 1. The number of halogens is 3. The van der Waals surface area contributed by atoms with Crippen molar-refractivity contribution in [3.63, 3.8) is 0 Å². The van der Waals surface area contributed by atoms with Gasteiger partial charge in [-0.2, -0.15) is 17.9 Å². The first-order valence-corrected chi connectivity index (χ1v) is 8.21. The van der Waals surface area contributed by atoms with Crippen molar-refractivity contribution in [3.8, 4) is 0 Å². The topological polar surface area (TPSA) is 51.0 Å². The van der Waals surface area contributed by atoms with Crippen LogP contribution in [-0.4, -0.2) is 21.5 Å². The molecule has 0 amide bonds. The zero-order valence-electron chi connectivity index (χ0n) is 13.7. The number of fused-ring (bicyclic) bond motifs is 2. The molecule has 2 heterocycles. The Labute approximate surface area is 146 Å². The van der Waals surface area contributed by atoms with Gasteiger partial charge in [-0.1, -0.05) is 17.3 Å². The normalized spacial score (nSPS) is 14.5. The highest BCUT2D eigenvalue weighted by atomic mass is 19.4. The van der Waals surface area contributed by atoms with Crippen LogP contribution in [0.4, 0.5) is 18.9 Å². The summed E-state index contributed by atoms with van der Waals surface area (Å²) in [6.45, 7) is 0.786. The van der Waals surface area contributed by atoms with Crippen LogP contribution in [0.25, 0.3) is 10.9 Å². The Balaban J connectivity index is 1.69. The van der Waals surface area contributed by atoms with E-state index in [1.165, 1.54) is 16.8 Å². The van der Waals surface area contributed by atoms with E-state index in [4.69, 9.17) is 0 Å². The summed E-state index contributed by atoms with van der Waals surface area (Å²) in [6.07, 6.45) is -3.07. The van der Waals surface area contributed by atoms with Crippen LogP contribution < -0.4 is 10.5 Å². The maximum Gasteiger partial charge on any atom is 0.416 e. The third-order valence-corrected chi connectivity index (χ3v) is 4.56. The van der Waals surface area contributed by atoms with Crippen molar-refractivity contribution in [3.05, 3.63) is 63.9 Å². The van der Waals surface area contributed by atoms with Crippen LogP contribution in [0.3, 0.4) is 0 Å². The van der Waals surface area contributed by atoms with Crippen LogP contribution in [0, 0.1) is 0 Å². The minimum atomic E-state index is -4.36. The number of hydrogen-bond donors (Lipinski definition) is 0. The van der Waals surface area contributed by atoms with Gasteiger partial charge >= 0.3 is 6.18 Å². The lowest BCUT2D eigenvalue weighted by molar-refractivity contribution is -0.137. The predicted molar refractivity (Wildman–Crippen MR) is 90.9 cm³/mol.